The van der Waals surface area contributed by atoms with Gasteiger partial charge in [-0.1, -0.05) is 59.8 Å². The van der Waals surface area contributed by atoms with Crippen molar-refractivity contribution < 1.29 is 9.32 Å². The van der Waals surface area contributed by atoms with Gasteiger partial charge in [0.1, 0.15) is 0 Å². The number of piperidine rings is 1. The molecule has 4 rings (SSSR count). The monoisotopic (exact) mass is 389 g/mol. The van der Waals surface area contributed by atoms with Crippen LogP contribution in [0.1, 0.15) is 36.3 Å². The van der Waals surface area contributed by atoms with Crippen molar-refractivity contribution in [1.29, 1.82) is 0 Å². The highest BCUT2D eigenvalue weighted by Crippen LogP contribution is 2.24. The molecule has 1 fully saturated rings. The first kappa shape index (κ1) is 19.4. The maximum Gasteiger partial charge on any atom is 0.227 e. The minimum absolute atomic E-state index is 0.240. The Bertz CT molecular complexity index is 952. The van der Waals surface area contributed by atoms with E-state index in [1.165, 1.54) is 5.56 Å². The maximum atomic E-state index is 12.7. The molecule has 1 saturated heterocycles. The molecule has 0 bridgehead atoms. The number of amides is 1. The van der Waals surface area contributed by atoms with Gasteiger partial charge in [0.05, 0.1) is 0 Å². The lowest BCUT2D eigenvalue weighted by Gasteiger charge is -2.32. The van der Waals surface area contributed by atoms with Gasteiger partial charge in [0.25, 0.3) is 0 Å². The number of hydrogen-bond donors (Lipinski definition) is 0. The summed E-state index contributed by atoms with van der Waals surface area (Å²) >= 11 is 0. The minimum Gasteiger partial charge on any atom is -0.342 e. The van der Waals surface area contributed by atoms with Crippen molar-refractivity contribution in [3.8, 4) is 11.4 Å². The van der Waals surface area contributed by atoms with Crippen LogP contribution in [0.4, 0.5) is 0 Å². The van der Waals surface area contributed by atoms with E-state index in [4.69, 9.17) is 4.52 Å². The van der Waals surface area contributed by atoms with Gasteiger partial charge in [-0.15, -0.1) is 0 Å². The largest absolute Gasteiger partial charge is 0.342 e. The molecule has 29 heavy (non-hydrogen) atoms. The molecule has 1 aliphatic rings. The van der Waals surface area contributed by atoms with Crippen LogP contribution in [0.5, 0.6) is 0 Å². The van der Waals surface area contributed by atoms with E-state index in [0.29, 0.717) is 24.1 Å². The van der Waals surface area contributed by atoms with Crippen LogP contribution in [0.25, 0.3) is 11.4 Å². The summed E-state index contributed by atoms with van der Waals surface area (Å²) in [6, 6.07) is 18.2. The molecule has 5 heteroatoms. The summed E-state index contributed by atoms with van der Waals surface area (Å²) < 4.78 is 5.51. The second-order valence-corrected chi connectivity index (χ2v) is 7.86. The summed E-state index contributed by atoms with van der Waals surface area (Å²) in [4.78, 5) is 19.3. The number of aromatic nitrogens is 2. The smallest absolute Gasteiger partial charge is 0.227 e. The molecule has 0 saturated carbocycles. The molecule has 0 aliphatic carbocycles. The van der Waals surface area contributed by atoms with Crippen LogP contribution < -0.4 is 0 Å². The van der Waals surface area contributed by atoms with E-state index in [0.717, 1.165) is 49.9 Å². The molecule has 0 radical (unpaired) electrons. The van der Waals surface area contributed by atoms with Crippen LogP contribution in [-0.4, -0.2) is 34.0 Å². The van der Waals surface area contributed by atoms with Gasteiger partial charge >= 0.3 is 0 Å². The van der Waals surface area contributed by atoms with Crippen LogP contribution in [0.2, 0.25) is 0 Å². The van der Waals surface area contributed by atoms with E-state index < -0.39 is 0 Å². The van der Waals surface area contributed by atoms with E-state index in [2.05, 4.69) is 22.3 Å². The van der Waals surface area contributed by atoms with Gasteiger partial charge in [-0.3, -0.25) is 4.79 Å². The third kappa shape index (κ3) is 4.91. The Morgan fingerprint density at radius 2 is 1.93 bits per heavy atom. The van der Waals surface area contributed by atoms with Gasteiger partial charge in [0.2, 0.25) is 17.6 Å². The Hall–Kier alpha value is -2.95. The van der Waals surface area contributed by atoms with Gasteiger partial charge in [-0.25, -0.2) is 0 Å². The standard InChI is InChI=1S/C24H27N3O2/c1-18-8-5-6-12-21(18)24-25-22(29-26-24)16-20-11-7-15-27(17-20)23(28)14-13-19-9-3-2-4-10-19/h2-6,8-10,12,20H,7,11,13-17H2,1H3. The van der Waals surface area contributed by atoms with Crippen LogP contribution in [0.3, 0.4) is 0 Å². The average Bonchev–Trinajstić information content (AvgIpc) is 3.21. The first-order valence-corrected chi connectivity index (χ1v) is 10.4. The lowest BCUT2D eigenvalue weighted by Crippen LogP contribution is -2.40. The van der Waals surface area contributed by atoms with Crippen molar-refractivity contribution in [2.45, 2.75) is 39.0 Å². The topological polar surface area (TPSA) is 59.2 Å². The maximum absolute atomic E-state index is 12.7. The van der Waals surface area contributed by atoms with Crippen molar-refractivity contribution in [2.24, 2.45) is 5.92 Å². The fraction of sp³-hybridized carbons (Fsp3) is 0.375. The van der Waals surface area contributed by atoms with Gasteiger partial charge in [-0.2, -0.15) is 4.98 Å². The summed E-state index contributed by atoms with van der Waals surface area (Å²) in [7, 11) is 0. The normalized spacial score (nSPS) is 16.7. The summed E-state index contributed by atoms with van der Waals surface area (Å²) in [5.74, 6) is 1.91. The van der Waals surface area contributed by atoms with Gasteiger partial charge < -0.3 is 9.42 Å². The fourth-order valence-corrected chi connectivity index (χ4v) is 4.03. The van der Waals surface area contributed by atoms with Gasteiger partial charge in [0.15, 0.2) is 0 Å². The quantitative estimate of drug-likeness (QED) is 0.625. The van der Waals surface area contributed by atoms with Crippen molar-refractivity contribution in [3.05, 3.63) is 71.6 Å². The second kappa shape index (κ2) is 9.03. The molecule has 1 unspecified atom stereocenters. The zero-order valence-electron chi connectivity index (χ0n) is 16.9. The molecule has 1 atom stereocenters. The summed E-state index contributed by atoms with van der Waals surface area (Å²) in [6.45, 7) is 3.67. The van der Waals surface area contributed by atoms with Gasteiger partial charge in [0, 0.05) is 31.5 Å². The highest BCUT2D eigenvalue weighted by molar-refractivity contribution is 5.76. The summed E-state index contributed by atoms with van der Waals surface area (Å²) in [5, 5.41) is 4.16. The molecule has 2 heterocycles. The number of carbonyl (C=O) groups excluding carboxylic acids is 1. The predicted octanol–water partition coefficient (Wildman–Crippen LogP) is 4.46. The summed E-state index contributed by atoms with van der Waals surface area (Å²) in [5.41, 5.74) is 3.35. The van der Waals surface area contributed by atoms with Crippen molar-refractivity contribution in [2.75, 3.05) is 13.1 Å². The number of likely N-dealkylation sites (tertiary alicyclic amines) is 1. The number of benzene rings is 2. The predicted molar refractivity (Wildman–Crippen MR) is 112 cm³/mol. The molecule has 5 nitrogen and oxygen atoms in total. The first-order valence-electron chi connectivity index (χ1n) is 10.4. The molecule has 3 aromatic rings. The Labute approximate surface area is 171 Å². The zero-order valence-corrected chi connectivity index (χ0v) is 16.9. The van der Waals surface area contributed by atoms with Crippen molar-refractivity contribution >= 4 is 5.91 Å². The van der Waals surface area contributed by atoms with E-state index in [1.54, 1.807) is 0 Å². The SMILES string of the molecule is Cc1ccccc1-c1noc(CC2CCCN(C(=O)CCc3ccccc3)C2)n1. The van der Waals surface area contributed by atoms with Crippen molar-refractivity contribution in [3.63, 3.8) is 0 Å². The number of hydrogen-bond acceptors (Lipinski definition) is 4. The lowest BCUT2D eigenvalue weighted by molar-refractivity contribution is -0.133. The molecule has 1 aliphatic heterocycles. The highest BCUT2D eigenvalue weighted by Gasteiger charge is 2.25. The van der Waals surface area contributed by atoms with Crippen molar-refractivity contribution in [1.82, 2.24) is 15.0 Å². The van der Waals surface area contributed by atoms with Crippen LogP contribution in [0.15, 0.2) is 59.1 Å². The van der Waals surface area contributed by atoms with E-state index >= 15 is 0 Å². The number of nitrogens with zero attached hydrogens (tertiary/aromatic N) is 3. The molecule has 150 valence electrons. The molecule has 0 spiro atoms. The number of carbonyl (C=O) groups is 1. The number of rotatable bonds is 6. The second-order valence-electron chi connectivity index (χ2n) is 7.86. The minimum atomic E-state index is 0.240. The molecule has 0 N–H and O–H groups in total. The molecular formula is C24H27N3O2. The first-order chi connectivity index (χ1) is 14.2. The van der Waals surface area contributed by atoms with E-state index in [9.17, 15) is 4.79 Å². The van der Waals surface area contributed by atoms with Crippen LogP contribution >= 0.6 is 0 Å². The Balaban J connectivity index is 1.33. The Kier molecular flexibility index (Phi) is 6.03. The Morgan fingerprint density at radius 1 is 1.14 bits per heavy atom. The van der Waals surface area contributed by atoms with Gasteiger partial charge in [-0.05, 0) is 43.2 Å². The third-order valence-corrected chi connectivity index (χ3v) is 5.66. The summed E-state index contributed by atoms with van der Waals surface area (Å²) in [6.07, 6.45) is 4.20. The Morgan fingerprint density at radius 3 is 2.76 bits per heavy atom. The fourth-order valence-electron chi connectivity index (χ4n) is 4.03. The molecule has 2 aromatic carbocycles. The molecule has 1 amide bonds. The molecule has 1 aromatic heterocycles. The number of aryl methyl sites for hydroxylation is 2. The van der Waals surface area contributed by atoms with Crippen LogP contribution in [-0.2, 0) is 17.6 Å². The van der Waals surface area contributed by atoms with Crippen LogP contribution in [0, 0.1) is 12.8 Å². The average molecular weight is 389 g/mol. The molecular weight excluding hydrogens is 362 g/mol. The zero-order chi connectivity index (χ0) is 20.1. The highest BCUT2D eigenvalue weighted by atomic mass is 16.5. The van der Waals surface area contributed by atoms with E-state index in [1.807, 2.05) is 54.3 Å². The van der Waals surface area contributed by atoms with E-state index in [-0.39, 0.29) is 5.91 Å². The lowest BCUT2D eigenvalue weighted by atomic mass is 9.94. The third-order valence-electron chi connectivity index (χ3n) is 5.66.